The van der Waals surface area contributed by atoms with Crippen LogP contribution < -0.4 is 5.32 Å². The summed E-state index contributed by atoms with van der Waals surface area (Å²) in [6.07, 6.45) is 0.993. The molecular formula is C12H16BrNO2S. The monoisotopic (exact) mass is 317 g/mol. The Hall–Kier alpha value is -0.390. The number of halogens is 1. The van der Waals surface area contributed by atoms with E-state index in [2.05, 4.69) is 28.2 Å². The number of hydrogen-bond acceptors (Lipinski definition) is 3. The molecule has 3 nitrogen and oxygen atoms in total. The summed E-state index contributed by atoms with van der Waals surface area (Å²) in [5, 5.41) is 2.93. The molecule has 0 radical (unpaired) electrons. The van der Waals surface area contributed by atoms with E-state index in [9.17, 15) is 8.42 Å². The molecule has 0 saturated carbocycles. The number of hydrogen-bond donors (Lipinski definition) is 1. The minimum atomic E-state index is -3.16. The maximum atomic E-state index is 12.2. The maximum Gasteiger partial charge on any atom is 0.183 e. The molecular weight excluding hydrogens is 302 g/mol. The lowest BCUT2D eigenvalue weighted by Crippen LogP contribution is -2.30. The summed E-state index contributed by atoms with van der Waals surface area (Å²) in [6.45, 7) is 4.68. The SMILES string of the molecule is CCCNC1c2cc(Br)ccc2S(=O)(=O)C1C. The summed E-state index contributed by atoms with van der Waals surface area (Å²) >= 11 is 3.40. The molecule has 94 valence electrons. The minimum Gasteiger partial charge on any atom is -0.309 e. The molecule has 0 aromatic heterocycles. The van der Waals surface area contributed by atoms with E-state index < -0.39 is 15.1 Å². The van der Waals surface area contributed by atoms with Crippen LogP contribution in [0.4, 0.5) is 0 Å². The zero-order valence-electron chi connectivity index (χ0n) is 9.90. The topological polar surface area (TPSA) is 46.2 Å². The predicted molar refractivity (Wildman–Crippen MR) is 71.8 cm³/mol. The standard InChI is InChI=1S/C12H16BrNO2S/c1-3-6-14-12-8(2)17(15,16)11-5-4-9(13)7-10(11)12/h4-5,7-8,12,14H,3,6H2,1-2H3. The van der Waals surface area contributed by atoms with Gasteiger partial charge in [0.05, 0.1) is 16.2 Å². The van der Waals surface area contributed by atoms with Gasteiger partial charge in [0.2, 0.25) is 0 Å². The van der Waals surface area contributed by atoms with Gasteiger partial charge in [-0.3, -0.25) is 0 Å². The number of fused-ring (bicyclic) bond motifs is 1. The van der Waals surface area contributed by atoms with E-state index in [-0.39, 0.29) is 6.04 Å². The molecule has 1 heterocycles. The number of benzene rings is 1. The average molecular weight is 318 g/mol. The fourth-order valence-electron chi connectivity index (χ4n) is 2.23. The van der Waals surface area contributed by atoms with Crippen LogP contribution in [0.1, 0.15) is 31.9 Å². The first kappa shape index (κ1) is 13.1. The average Bonchev–Trinajstić information content (AvgIpc) is 2.45. The van der Waals surface area contributed by atoms with Gasteiger partial charge in [0.1, 0.15) is 0 Å². The molecule has 0 bridgehead atoms. The lowest BCUT2D eigenvalue weighted by atomic mass is 10.0. The molecule has 0 aliphatic carbocycles. The summed E-state index contributed by atoms with van der Waals surface area (Å²) in [7, 11) is -3.16. The molecule has 1 aliphatic heterocycles. The highest BCUT2D eigenvalue weighted by molar-refractivity contribution is 9.10. The van der Waals surface area contributed by atoms with E-state index in [1.807, 2.05) is 6.07 Å². The zero-order valence-corrected chi connectivity index (χ0v) is 12.3. The molecule has 0 spiro atoms. The number of sulfone groups is 1. The Morgan fingerprint density at radius 2 is 2.12 bits per heavy atom. The smallest absolute Gasteiger partial charge is 0.183 e. The highest BCUT2D eigenvalue weighted by atomic mass is 79.9. The van der Waals surface area contributed by atoms with Crippen LogP contribution >= 0.6 is 15.9 Å². The molecule has 0 saturated heterocycles. The molecule has 0 fully saturated rings. The Kier molecular flexibility index (Phi) is 3.61. The van der Waals surface area contributed by atoms with Gasteiger partial charge in [-0.25, -0.2) is 8.42 Å². The van der Waals surface area contributed by atoms with Gasteiger partial charge in [0.25, 0.3) is 0 Å². The molecule has 2 rings (SSSR count). The van der Waals surface area contributed by atoms with Crippen molar-refractivity contribution in [2.75, 3.05) is 6.54 Å². The Morgan fingerprint density at radius 3 is 2.76 bits per heavy atom. The molecule has 2 unspecified atom stereocenters. The van der Waals surface area contributed by atoms with Crippen molar-refractivity contribution in [1.29, 1.82) is 0 Å². The van der Waals surface area contributed by atoms with E-state index in [0.717, 1.165) is 23.0 Å². The van der Waals surface area contributed by atoms with Crippen molar-refractivity contribution in [2.45, 2.75) is 36.5 Å². The Balaban J connectivity index is 2.48. The third-order valence-corrected chi connectivity index (χ3v) is 5.92. The lowest BCUT2D eigenvalue weighted by Gasteiger charge is -2.16. The van der Waals surface area contributed by atoms with Crippen LogP contribution in [0.25, 0.3) is 0 Å². The molecule has 5 heteroatoms. The zero-order chi connectivity index (χ0) is 12.6. The minimum absolute atomic E-state index is 0.0903. The number of rotatable bonds is 3. The maximum absolute atomic E-state index is 12.2. The summed E-state index contributed by atoms with van der Waals surface area (Å²) in [5.74, 6) is 0. The van der Waals surface area contributed by atoms with Crippen LogP contribution in [0.15, 0.2) is 27.6 Å². The second-order valence-corrected chi connectivity index (χ2v) is 7.55. The summed E-state index contributed by atoms with van der Waals surface area (Å²) in [6, 6.07) is 5.29. The quantitative estimate of drug-likeness (QED) is 0.932. The second kappa shape index (κ2) is 4.71. The summed E-state index contributed by atoms with van der Waals surface area (Å²) < 4.78 is 25.3. The van der Waals surface area contributed by atoms with E-state index in [4.69, 9.17) is 0 Å². The van der Waals surface area contributed by atoms with Gasteiger partial charge in [-0.1, -0.05) is 22.9 Å². The van der Waals surface area contributed by atoms with Gasteiger partial charge < -0.3 is 5.32 Å². The third kappa shape index (κ3) is 2.16. The van der Waals surface area contributed by atoms with Crippen molar-refractivity contribution in [3.63, 3.8) is 0 Å². The molecule has 1 aromatic rings. The first-order chi connectivity index (χ1) is 7.98. The first-order valence-corrected chi connectivity index (χ1v) is 8.09. The highest BCUT2D eigenvalue weighted by Gasteiger charge is 2.41. The largest absolute Gasteiger partial charge is 0.309 e. The highest BCUT2D eigenvalue weighted by Crippen LogP contribution is 2.39. The Bertz CT molecular complexity index is 527. The van der Waals surface area contributed by atoms with Crippen molar-refractivity contribution in [2.24, 2.45) is 0 Å². The second-order valence-electron chi connectivity index (χ2n) is 4.36. The van der Waals surface area contributed by atoms with Gasteiger partial charge in [-0.05, 0) is 43.7 Å². The van der Waals surface area contributed by atoms with Gasteiger partial charge >= 0.3 is 0 Å². The third-order valence-electron chi connectivity index (χ3n) is 3.19. The first-order valence-electron chi connectivity index (χ1n) is 5.75. The van der Waals surface area contributed by atoms with E-state index in [0.29, 0.717) is 4.90 Å². The van der Waals surface area contributed by atoms with Crippen LogP contribution in [0.5, 0.6) is 0 Å². The molecule has 1 aliphatic rings. The van der Waals surface area contributed by atoms with Crippen molar-refractivity contribution in [1.82, 2.24) is 5.32 Å². The van der Waals surface area contributed by atoms with Crippen LogP contribution in [-0.2, 0) is 9.84 Å². The van der Waals surface area contributed by atoms with Gasteiger partial charge in [-0.15, -0.1) is 0 Å². The molecule has 1 N–H and O–H groups in total. The lowest BCUT2D eigenvalue weighted by molar-refractivity contribution is 0.515. The molecule has 17 heavy (non-hydrogen) atoms. The molecule has 2 atom stereocenters. The van der Waals surface area contributed by atoms with Crippen LogP contribution in [0.2, 0.25) is 0 Å². The van der Waals surface area contributed by atoms with Crippen molar-refractivity contribution in [3.05, 3.63) is 28.2 Å². The normalized spacial score (nSPS) is 25.8. The Labute approximate surface area is 111 Å². The van der Waals surface area contributed by atoms with Crippen LogP contribution in [0, 0.1) is 0 Å². The summed E-state index contributed by atoms with van der Waals surface area (Å²) in [4.78, 5) is 0.474. The van der Waals surface area contributed by atoms with Crippen molar-refractivity contribution < 1.29 is 8.42 Å². The fraction of sp³-hybridized carbons (Fsp3) is 0.500. The van der Waals surface area contributed by atoms with Gasteiger partial charge in [-0.2, -0.15) is 0 Å². The van der Waals surface area contributed by atoms with Gasteiger partial charge in [0, 0.05) is 4.47 Å². The number of nitrogens with one attached hydrogen (secondary N) is 1. The van der Waals surface area contributed by atoms with Crippen molar-refractivity contribution >= 4 is 25.8 Å². The van der Waals surface area contributed by atoms with Crippen LogP contribution in [-0.4, -0.2) is 20.2 Å². The van der Waals surface area contributed by atoms with E-state index in [1.54, 1.807) is 19.1 Å². The van der Waals surface area contributed by atoms with Gasteiger partial charge in [0.15, 0.2) is 9.84 Å². The Morgan fingerprint density at radius 1 is 1.41 bits per heavy atom. The molecule has 0 amide bonds. The fourth-order valence-corrected chi connectivity index (χ4v) is 4.38. The predicted octanol–water partition coefficient (Wildman–Crippen LogP) is 2.67. The van der Waals surface area contributed by atoms with Crippen LogP contribution in [0.3, 0.4) is 0 Å². The van der Waals surface area contributed by atoms with Crippen molar-refractivity contribution in [3.8, 4) is 0 Å². The van der Waals surface area contributed by atoms with E-state index in [1.165, 1.54) is 0 Å². The van der Waals surface area contributed by atoms with E-state index >= 15 is 0 Å². The molecule has 1 aromatic carbocycles. The summed E-state index contributed by atoms with van der Waals surface area (Å²) in [5.41, 5.74) is 0.889.